The Bertz CT molecular complexity index is 625. The van der Waals surface area contributed by atoms with Gasteiger partial charge in [-0.05, 0) is 24.8 Å². The minimum Gasteiger partial charge on any atom is -0.459 e. The fourth-order valence-corrected chi connectivity index (χ4v) is 3.17. The monoisotopic (exact) mass is 389 g/mol. The van der Waals surface area contributed by atoms with Crippen molar-refractivity contribution in [3.63, 3.8) is 0 Å². The van der Waals surface area contributed by atoms with Crippen LogP contribution in [0.1, 0.15) is 31.2 Å². The molecule has 1 aliphatic rings. The van der Waals surface area contributed by atoms with Crippen LogP contribution < -0.4 is 5.32 Å². The summed E-state index contributed by atoms with van der Waals surface area (Å²) in [6, 6.07) is 9.52. The van der Waals surface area contributed by atoms with E-state index in [1.54, 1.807) is 0 Å². The van der Waals surface area contributed by atoms with Crippen LogP contribution >= 0.6 is 0 Å². The van der Waals surface area contributed by atoms with E-state index in [9.17, 15) is 27.2 Å². The Morgan fingerprint density at radius 3 is 2.37 bits per heavy atom. The van der Waals surface area contributed by atoms with E-state index < -0.39 is 36.8 Å². The summed E-state index contributed by atoms with van der Waals surface area (Å²) in [6.07, 6.45) is -1.16. The maximum absolute atomic E-state index is 13.0. The second-order valence-corrected chi connectivity index (χ2v) is 6.69. The molecule has 0 aliphatic heterocycles. The van der Waals surface area contributed by atoms with Crippen molar-refractivity contribution in [3.8, 4) is 0 Å². The molecule has 8 heteroatoms. The summed E-state index contributed by atoms with van der Waals surface area (Å²) < 4.78 is 54.7. The van der Waals surface area contributed by atoms with Gasteiger partial charge in [0.1, 0.15) is 0 Å². The van der Waals surface area contributed by atoms with E-state index in [0.29, 0.717) is 32.2 Å². The lowest BCUT2D eigenvalue weighted by atomic mass is 9.78. The van der Waals surface area contributed by atoms with Crippen molar-refractivity contribution in [1.29, 1.82) is 0 Å². The first-order chi connectivity index (χ1) is 12.8. The van der Waals surface area contributed by atoms with E-state index >= 15 is 0 Å². The van der Waals surface area contributed by atoms with Crippen LogP contribution in [0.2, 0.25) is 0 Å². The first kappa shape index (κ1) is 21.2. The number of hydrogen-bond donors (Lipinski definition) is 1. The molecule has 0 radical (unpaired) electrons. The molecular weight excluding hydrogens is 366 g/mol. The molecule has 0 bridgehead atoms. The van der Waals surface area contributed by atoms with Gasteiger partial charge in [0, 0.05) is 6.54 Å². The van der Waals surface area contributed by atoms with Crippen molar-refractivity contribution >= 4 is 11.9 Å². The summed E-state index contributed by atoms with van der Waals surface area (Å²) in [5.74, 6) is -7.32. The zero-order chi connectivity index (χ0) is 19.9. The Labute approximate surface area is 155 Å². The van der Waals surface area contributed by atoms with Gasteiger partial charge >= 0.3 is 18.3 Å². The Kier molecular flexibility index (Phi) is 7.62. The summed E-state index contributed by atoms with van der Waals surface area (Å²) in [5.41, 5.74) is 1.05. The number of carbonyl (C=O) groups is 2. The molecule has 150 valence electrons. The van der Waals surface area contributed by atoms with Crippen molar-refractivity contribution in [2.45, 2.75) is 44.5 Å². The molecule has 0 aromatic heterocycles. The summed E-state index contributed by atoms with van der Waals surface area (Å²) in [7, 11) is 0. The quantitative estimate of drug-likeness (QED) is 0.546. The van der Waals surface area contributed by atoms with Gasteiger partial charge in [-0.15, -0.1) is 0 Å². The number of carbonyl (C=O) groups excluding carboxylic acids is 2. The second kappa shape index (κ2) is 9.71. The van der Waals surface area contributed by atoms with Crippen LogP contribution in [0, 0.1) is 11.8 Å². The van der Waals surface area contributed by atoms with Crippen molar-refractivity contribution in [1.82, 2.24) is 5.32 Å². The van der Waals surface area contributed by atoms with Gasteiger partial charge in [0.05, 0.1) is 11.8 Å². The first-order valence-electron chi connectivity index (χ1n) is 8.95. The molecule has 4 nitrogen and oxygen atoms in total. The number of nitrogens with one attached hydrogen (secondary N) is 1. The van der Waals surface area contributed by atoms with Gasteiger partial charge in [-0.3, -0.25) is 9.59 Å². The largest absolute Gasteiger partial charge is 0.459 e. The van der Waals surface area contributed by atoms with Crippen LogP contribution in [0.4, 0.5) is 17.6 Å². The van der Waals surface area contributed by atoms with E-state index in [1.165, 1.54) is 0 Å². The molecule has 2 unspecified atom stereocenters. The molecule has 2 atom stereocenters. The Balaban J connectivity index is 1.87. The molecule has 1 aromatic carbocycles. The summed E-state index contributed by atoms with van der Waals surface area (Å²) in [6.45, 7) is -1.30. The van der Waals surface area contributed by atoms with Crippen LogP contribution in [-0.4, -0.2) is 37.4 Å². The second-order valence-electron chi connectivity index (χ2n) is 6.69. The molecule has 1 N–H and O–H groups in total. The van der Waals surface area contributed by atoms with E-state index in [-0.39, 0.29) is 5.91 Å². The molecule has 1 aromatic rings. The maximum Gasteiger partial charge on any atom is 0.340 e. The number of benzene rings is 1. The van der Waals surface area contributed by atoms with Crippen molar-refractivity contribution in [2.75, 3.05) is 13.2 Å². The van der Waals surface area contributed by atoms with Crippen molar-refractivity contribution < 1.29 is 31.9 Å². The Hall–Kier alpha value is -2.12. The Morgan fingerprint density at radius 2 is 1.74 bits per heavy atom. The number of halogens is 4. The smallest absolute Gasteiger partial charge is 0.340 e. The van der Waals surface area contributed by atoms with Crippen LogP contribution in [0.5, 0.6) is 0 Å². The van der Waals surface area contributed by atoms with Gasteiger partial charge in [0.25, 0.3) is 0 Å². The van der Waals surface area contributed by atoms with Crippen LogP contribution in [0.25, 0.3) is 0 Å². The third-order valence-electron chi connectivity index (χ3n) is 4.69. The minimum atomic E-state index is -4.39. The Morgan fingerprint density at radius 1 is 1.11 bits per heavy atom. The van der Waals surface area contributed by atoms with Crippen LogP contribution in [-0.2, 0) is 20.7 Å². The van der Waals surface area contributed by atoms with Crippen molar-refractivity contribution in [2.24, 2.45) is 11.8 Å². The number of esters is 1. The lowest BCUT2D eigenvalue weighted by Crippen LogP contribution is -2.42. The van der Waals surface area contributed by atoms with Gasteiger partial charge in [-0.1, -0.05) is 43.2 Å². The number of rotatable bonds is 8. The van der Waals surface area contributed by atoms with Gasteiger partial charge in [0.15, 0.2) is 6.61 Å². The average Bonchev–Trinajstić information content (AvgIpc) is 2.66. The number of ether oxygens (including phenoxy) is 1. The summed E-state index contributed by atoms with van der Waals surface area (Å²) >= 11 is 0. The first-order valence-corrected chi connectivity index (χ1v) is 8.95. The average molecular weight is 389 g/mol. The molecule has 27 heavy (non-hydrogen) atoms. The third-order valence-corrected chi connectivity index (χ3v) is 4.69. The van der Waals surface area contributed by atoms with Gasteiger partial charge < -0.3 is 10.1 Å². The molecule has 0 spiro atoms. The van der Waals surface area contributed by atoms with Gasteiger partial charge in [0.2, 0.25) is 5.91 Å². The summed E-state index contributed by atoms with van der Waals surface area (Å²) in [5, 5.41) is 2.76. The lowest BCUT2D eigenvalue weighted by Gasteiger charge is -2.29. The summed E-state index contributed by atoms with van der Waals surface area (Å²) in [4.78, 5) is 24.5. The predicted molar refractivity (Wildman–Crippen MR) is 90.5 cm³/mol. The van der Waals surface area contributed by atoms with Crippen LogP contribution in [0.15, 0.2) is 30.3 Å². The zero-order valence-corrected chi connectivity index (χ0v) is 14.8. The van der Waals surface area contributed by atoms with Gasteiger partial charge in [-0.25, -0.2) is 8.78 Å². The number of amides is 1. The molecular formula is C19H23F4NO3. The normalized spacial score (nSPS) is 20.3. The molecule has 1 aliphatic carbocycles. The molecule has 1 fully saturated rings. The molecule has 0 heterocycles. The minimum absolute atomic E-state index is 0.315. The standard InChI is InChI=1S/C19H23F4NO3/c20-18(21)19(22,23)12-27-17(26)15-9-5-4-8-14(15)16(25)24-11-10-13-6-2-1-3-7-13/h1-3,6-7,14-15,18H,4-5,8-12H2,(H,24,25). The van der Waals surface area contributed by atoms with E-state index in [2.05, 4.69) is 10.1 Å². The molecule has 2 rings (SSSR count). The highest BCUT2D eigenvalue weighted by molar-refractivity contribution is 5.85. The molecule has 1 amide bonds. The number of hydrogen-bond acceptors (Lipinski definition) is 3. The van der Waals surface area contributed by atoms with Crippen LogP contribution in [0.3, 0.4) is 0 Å². The highest BCUT2D eigenvalue weighted by atomic mass is 19.3. The topological polar surface area (TPSA) is 55.4 Å². The molecule has 1 saturated carbocycles. The number of alkyl halides is 4. The lowest BCUT2D eigenvalue weighted by molar-refractivity contribution is -0.185. The van der Waals surface area contributed by atoms with E-state index in [1.807, 2.05) is 30.3 Å². The van der Waals surface area contributed by atoms with Crippen molar-refractivity contribution in [3.05, 3.63) is 35.9 Å². The highest BCUT2D eigenvalue weighted by Gasteiger charge is 2.44. The van der Waals surface area contributed by atoms with E-state index in [4.69, 9.17) is 0 Å². The SMILES string of the molecule is O=C(NCCc1ccccc1)C1CCCCC1C(=O)OCC(F)(F)C(F)F. The predicted octanol–water partition coefficient (Wildman–Crippen LogP) is 3.60. The fourth-order valence-electron chi connectivity index (χ4n) is 3.17. The van der Waals surface area contributed by atoms with Gasteiger partial charge in [-0.2, -0.15) is 8.78 Å². The van der Waals surface area contributed by atoms with E-state index in [0.717, 1.165) is 12.0 Å². The third kappa shape index (κ3) is 6.22. The zero-order valence-electron chi connectivity index (χ0n) is 14.8. The molecule has 0 saturated heterocycles. The highest BCUT2D eigenvalue weighted by Crippen LogP contribution is 2.32. The maximum atomic E-state index is 13.0. The fraction of sp³-hybridized carbons (Fsp3) is 0.579.